The van der Waals surface area contributed by atoms with Crippen molar-refractivity contribution in [1.29, 1.82) is 0 Å². The molecule has 2 aromatic rings. The summed E-state index contributed by atoms with van der Waals surface area (Å²) in [6, 6.07) is 2.20. The summed E-state index contributed by atoms with van der Waals surface area (Å²) < 4.78 is 5.45. The molecule has 3 rings (SSSR count). The van der Waals surface area contributed by atoms with Gasteiger partial charge in [-0.1, -0.05) is 0 Å². The van der Waals surface area contributed by atoms with E-state index in [1.165, 1.54) is 10.4 Å². The lowest BCUT2D eigenvalue weighted by atomic mass is 10.0. The molecule has 0 amide bonds. The highest BCUT2D eigenvalue weighted by Gasteiger charge is 2.27. The van der Waals surface area contributed by atoms with Crippen LogP contribution in [0.2, 0.25) is 0 Å². The number of fused-ring (bicyclic) bond motifs is 1. The smallest absolute Gasteiger partial charge is 0.266 e. The summed E-state index contributed by atoms with van der Waals surface area (Å²) in [5, 5.41) is 9.68. The fourth-order valence-electron chi connectivity index (χ4n) is 2.45. The van der Waals surface area contributed by atoms with Crippen molar-refractivity contribution in [1.82, 2.24) is 15.5 Å². The van der Waals surface area contributed by atoms with Crippen LogP contribution < -0.4 is 10.2 Å². The lowest BCUT2D eigenvalue weighted by Gasteiger charge is -2.20. The van der Waals surface area contributed by atoms with Crippen molar-refractivity contribution in [2.24, 2.45) is 0 Å². The summed E-state index contributed by atoms with van der Waals surface area (Å²) in [6.07, 6.45) is 1.08. The molecule has 0 aliphatic carbocycles. The van der Waals surface area contributed by atoms with Gasteiger partial charge in [0, 0.05) is 24.5 Å². The Morgan fingerprint density at radius 2 is 2.32 bits per heavy atom. The zero-order chi connectivity index (χ0) is 13.2. The van der Waals surface area contributed by atoms with Crippen LogP contribution in [0.15, 0.2) is 16.0 Å². The van der Waals surface area contributed by atoms with Crippen molar-refractivity contribution in [2.75, 3.05) is 24.5 Å². The monoisotopic (exact) mass is 278 g/mol. The molecule has 6 heteroatoms. The quantitative estimate of drug-likeness (QED) is 0.929. The molecule has 0 saturated heterocycles. The summed E-state index contributed by atoms with van der Waals surface area (Å²) in [5.74, 6) is 1.35. The molecule has 1 aliphatic heterocycles. The number of aromatic nitrogens is 2. The number of nitrogens with one attached hydrogen (secondary N) is 1. The van der Waals surface area contributed by atoms with E-state index in [9.17, 15) is 0 Å². The molecule has 1 atom stereocenters. The van der Waals surface area contributed by atoms with Crippen molar-refractivity contribution in [3.05, 3.63) is 27.8 Å². The Balaban J connectivity index is 1.88. The SMILES string of the molecule is CCN(CC)c1noc(C2NCCc3sccc32)n1. The Morgan fingerprint density at radius 3 is 3.11 bits per heavy atom. The number of hydrogen-bond acceptors (Lipinski definition) is 6. The summed E-state index contributed by atoms with van der Waals surface area (Å²) >= 11 is 1.81. The Hall–Kier alpha value is -1.40. The van der Waals surface area contributed by atoms with Gasteiger partial charge in [-0.15, -0.1) is 11.3 Å². The van der Waals surface area contributed by atoms with Crippen LogP contribution in [0, 0.1) is 0 Å². The molecule has 0 aromatic carbocycles. The first kappa shape index (κ1) is 12.6. The van der Waals surface area contributed by atoms with Crippen LogP contribution >= 0.6 is 11.3 Å². The Bertz CT molecular complexity index is 546. The summed E-state index contributed by atoms with van der Waals surface area (Å²) in [4.78, 5) is 8.05. The molecule has 102 valence electrons. The molecule has 2 aromatic heterocycles. The number of nitrogens with zero attached hydrogens (tertiary/aromatic N) is 3. The van der Waals surface area contributed by atoms with E-state index in [0.717, 1.165) is 26.1 Å². The zero-order valence-electron chi connectivity index (χ0n) is 11.2. The minimum Gasteiger partial charge on any atom is -0.339 e. The van der Waals surface area contributed by atoms with Gasteiger partial charge in [-0.3, -0.25) is 0 Å². The Kier molecular flexibility index (Phi) is 3.52. The van der Waals surface area contributed by atoms with Crippen LogP contribution in [0.5, 0.6) is 0 Å². The third-order valence-corrected chi connectivity index (χ3v) is 4.51. The third kappa shape index (κ3) is 2.26. The van der Waals surface area contributed by atoms with E-state index < -0.39 is 0 Å². The zero-order valence-corrected chi connectivity index (χ0v) is 12.0. The van der Waals surface area contributed by atoms with Crippen LogP contribution in [0.25, 0.3) is 0 Å². The maximum atomic E-state index is 5.45. The topological polar surface area (TPSA) is 54.2 Å². The number of hydrogen-bond donors (Lipinski definition) is 1. The van der Waals surface area contributed by atoms with Crippen molar-refractivity contribution < 1.29 is 4.52 Å². The molecule has 0 fully saturated rings. The van der Waals surface area contributed by atoms with E-state index in [0.29, 0.717) is 11.8 Å². The first-order chi connectivity index (χ1) is 9.33. The van der Waals surface area contributed by atoms with Crippen LogP contribution in [-0.2, 0) is 6.42 Å². The molecule has 5 nitrogen and oxygen atoms in total. The predicted molar refractivity (Wildman–Crippen MR) is 75.7 cm³/mol. The molecule has 0 radical (unpaired) electrons. The van der Waals surface area contributed by atoms with Gasteiger partial charge in [0.1, 0.15) is 6.04 Å². The molecule has 0 bridgehead atoms. The highest BCUT2D eigenvalue weighted by atomic mass is 32.1. The molecular formula is C13H18N4OS. The summed E-state index contributed by atoms with van der Waals surface area (Å²) in [5.41, 5.74) is 1.28. The van der Waals surface area contributed by atoms with Crippen molar-refractivity contribution in [3.63, 3.8) is 0 Å². The standard InChI is InChI=1S/C13H18N4OS/c1-3-17(4-2)13-15-12(18-16-13)11-9-6-8-19-10(9)5-7-14-11/h6,8,11,14H,3-5,7H2,1-2H3. The Morgan fingerprint density at radius 1 is 1.47 bits per heavy atom. The predicted octanol–water partition coefficient (Wildman–Crippen LogP) is 2.21. The summed E-state index contributed by atoms with van der Waals surface area (Å²) in [6.45, 7) is 6.92. The van der Waals surface area contributed by atoms with Crippen molar-refractivity contribution >= 4 is 17.3 Å². The van der Waals surface area contributed by atoms with Gasteiger partial charge in [-0.25, -0.2) is 0 Å². The minimum absolute atomic E-state index is 0.0480. The summed E-state index contributed by atoms with van der Waals surface area (Å²) in [7, 11) is 0. The average molecular weight is 278 g/mol. The van der Waals surface area contributed by atoms with Gasteiger partial charge in [0.2, 0.25) is 5.89 Å². The first-order valence-corrected chi connectivity index (χ1v) is 7.59. The molecular weight excluding hydrogens is 260 g/mol. The van der Waals surface area contributed by atoms with Crippen LogP contribution in [0.4, 0.5) is 5.95 Å². The molecule has 3 heterocycles. The van der Waals surface area contributed by atoms with E-state index in [-0.39, 0.29) is 6.04 Å². The largest absolute Gasteiger partial charge is 0.339 e. The molecule has 1 aliphatic rings. The average Bonchev–Trinajstić information content (AvgIpc) is 3.08. The van der Waals surface area contributed by atoms with Crippen LogP contribution in [0.1, 0.15) is 36.2 Å². The highest BCUT2D eigenvalue weighted by Crippen LogP contribution is 2.31. The molecule has 1 N–H and O–H groups in total. The lowest BCUT2D eigenvalue weighted by molar-refractivity contribution is 0.344. The molecule has 0 spiro atoms. The maximum Gasteiger partial charge on any atom is 0.266 e. The fraction of sp³-hybridized carbons (Fsp3) is 0.538. The van der Waals surface area contributed by atoms with E-state index >= 15 is 0 Å². The van der Waals surface area contributed by atoms with Gasteiger partial charge in [-0.05, 0) is 42.4 Å². The third-order valence-electron chi connectivity index (χ3n) is 3.52. The van der Waals surface area contributed by atoms with Gasteiger partial charge in [0.25, 0.3) is 5.95 Å². The van der Waals surface area contributed by atoms with Gasteiger partial charge in [0.15, 0.2) is 0 Å². The van der Waals surface area contributed by atoms with E-state index in [4.69, 9.17) is 4.52 Å². The minimum atomic E-state index is 0.0480. The number of anilines is 1. The second-order valence-corrected chi connectivity index (χ2v) is 5.54. The van der Waals surface area contributed by atoms with Crippen LogP contribution in [0.3, 0.4) is 0 Å². The second kappa shape index (κ2) is 5.30. The van der Waals surface area contributed by atoms with Gasteiger partial charge < -0.3 is 14.7 Å². The normalized spacial score (nSPS) is 18.3. The van der Waals surface area contributed by atoms with Gasteiger partial charge in [0.05, 0.1) is 0 Å². The maximum absolute atomic E-state index is 5.45. The molecule has 1 unspecified atom stereocenters. The Labute approximate surface area is 116 Å². The molecule has 0 saturated carbocycles. The van der Waals surface area contributed by atoms with Crippen LogP contribution in [-0.4, -0.2) is 29.8 Å². The fourth-order valence-corrected chi connectivity index (χ4v) is 3.37. The van der Waals surface area contributed by atoms with Gasteiger partial charge >= 0.3 is 0 Å². The van der Waals surface area contributed by atoms with E-state index in [1.807, 2.05) is 0 Å². The highest BCUT2D eigenvalue weighted by molar-refractivity contribution is 7.10. The molecule has 19 heavy (non-hydrogen) atoms. The number of thiophene rings is 1. The second-order valence-electron chi connectivity index (χ2n) is 4.54. The number of rotatable bonds is 4. The first-order valence-electron chi connectivity index (χ1n) is 6.71. The van der Waals surface area contributed by atoms with E-state index in [1.54, 1.807) is 11.3 Å². The van der Waals surface area contributed by atoms with Gasteiger partial charge in [-0.2, -0.15) is 4.98 Å². The van der Waals surface area contributed by atoms with Crippen molar-refractivity contribution in [3.8, 4) is 0 Å². The van der Waals surface area contributed by atoms with Crippen molar-refractivity contribution in [2.45, 2.75) is 26.3 Å². The van der Waals surface area contributed by atoms with E-state index in [2.05, 4.69) is 45.7 Å². The lowest BCUT2D eigenvalue weighted by Crippen LogP contribution is -2.30.